The Morgan fingerprint density at radius 1 is 1.62 bits per heavy atom. The maximum Gasteiger partial charge on any atom is 0.317 e. The van der Waals surface area contributed by atoms with E-state index in [0.717, 1.165) is 13.1 Å². The Labute approximate surface area is 79.7 Å². The van der Waals surface area contributed by atoms with Crippen molar-refractivity contribution in [1.29, 1.82) is 0 Å². The molecule has 1 rings (SSSR count). The van der Waals surface area contributed by atoms with Crippen LogP contribution < -0.4 is 10.6 Å². The third-order valence-electron chi connectivity index (χ3n) is 2.35. The SMILES string of the molecule is CCNC(=O)N1CC(C)NCC1C. The van der Waals surface area contributed by atoms with Gasteiger partial charge < -0.3 is 15.5 Å². The molecule has 2 N–H and O–H groups in total. The van der Waals surface area contributed by atoms with E-state index in [-0.39, 0.29) is 6.03 Å². The maximum atomic E-state index is 11.5. The number of rotatable bonds is 1. The Hall–Kier alpha value is -0.770. The molecule has 0 aliphatic carbocycles. The van der Waals surface area contributed by atoms with E-state index < -0.39 is 0 Å². The Kier molecular flexibility index (Phi) is 3.54. The number of carbonyl (C=O) groups is 1. The van der Waals surface area contributed by atoms with Gasteiger partial charge in [0.15, 0.2) is 0 Å². The third kappa shape index (κ3) is 2.59. The van der Waals surface area contributed by atoms with E-state index in [1.807, 2.05) is 11.8 Å². The highest BCUT2D eigenvalue weighted by molar-refractivity contribution is 5.74. The van der Waals surface area contributed by atoms with Crippen molar-refractivity contribution in [2.75, 3.05) is 19.6 Å². The van der Waals surface area contributed by atoms with Crippen molar-refractivity contribution in [2.24, 2.45) is 0 Å². The fourth-order valence-electron chi connectivity index (χ4n) is 1.56. The van der Waals surface area contributed by atoms with Gasteiger partial charge in [0.05, 0.1) is 0 Å². The molecule has 76 valence electrons. The van der Waals surface area contributed by atoms with Crippen molar-refractivity contribution in [3.63, 3.8) is 0 Å². The maximum absolute atomic E-state index is 11.5. The number of hydrogen-bond donors (Lipinski definition) is 2. The molecule has 1 heterocycles. The van der Waals surface area contributed by atoms with Gasteiger partial charge >= 0.3 is 6.03 Å². The van der Waals surface area contributed by atoms with E-state index in [0.29, 0.717) is 18.6 Å². The molecular weight excluding hydrogens is 166 g/mol. The smallest absolute Gasteiger partial charge is 0.317 e. The largest absolute Gasteiger partial charge is 0.338 e. The highest BCUT2D eigenvalue weighted by Crippen LogP contribution is 2.06. The molecule has 0 saturated carbocycles. The summed E-state index contributed by atoms with van der Waals surface area (Å²) in [7, 11) is 0. The lowest BCUT2D eigenvalue weighted by Crippen LogP contribution is -2.58. The molecule has 0 aromatic carbocycles. The van der Waals surface area contributed by atoms with Gasteiger partial charge in [0.1, 0.15) is 0 Å². The van der Waals surface area contributed by atoms with Crippen LogP contribution in [0.1, 0.15) is 20.8 Å². The van der Waals surface area contributed by atoms with Crippen molar-refractivity contribution in [1.82, 2.24) is 15.5 Å². The van der Waals surface area contributed by atoms with Crippen LogP contribution in [0.15, 0.2) is 0 Å². The third-order valence-corrected chi connectivity index (χ3v) is 2.35. The van der Waals surface area contributed by atoms with Crippen LogP contribution in [0.25, 0.3) is 0 Å². The summed E-state index contributed by atoms with van der Waals surface area (Å²) in [6, 6.07) is 0.755. The van der Waals surface area contributed by atoms with Crippen LogP contribution in [0.4, 0.5) is 4.79 Å². The minimum atomic E-state index is 0.0587. The Bertz CT molecular complexity index is 184. The fourth-order valence-corrected chi connectivity index (χ4v) is 1.56. The average Bonchev–Trinajstić information content (AvgIpc) is 2.09. The molecule has 1 saturated heterocycles. The summed E-state index contributed by atoms with van der Waals surface area (Å²) in [5, 5.41) is 6.16. The van der Waals surface area contributed by atoms with E-state index >= 15 is 0 Å². The topological polar surface area (TPSA) is 44.4 Å². The predicted octanol–water partition coefficient (Wildman–Crippen LogP) is 0.398. The number of nitrogens with zero attached hydrogens (tertiary/aromatic N) is 1. The van der Waals surface area contributed by atoms with Gasteiger partial charge in [-0.15, -0.1) is 0 Å². The molecule has 0 bridgehead atoms. The first-order valence-electron chi connectivity index (χ1n) is 4.93. The second kappa shape index (κ2) is 4.46. The van der Waals surface area contributed by atoms with Crippen LogP contribution in [-0.2, 0) is 0 Å². The number of amides is 2. The lowest BCUT2D eigenvalue weighted by Gasteiger charge is -2.37. The van der Waals surface area contributed by atoms with Crippen molar-refractivity contribution in [3.05, 3.63) is 0 Å². The molecule has 1 aliphatic rings. The summed E-state index contributed by atoms with van der Waals surface area (Å²) < 4.78 is 0. The van der Waals surface area contributed by atoms with Gasteiger partial charge in [-0.05, 0) is 20.8 Å². The van der Waals surface area contributed by atoms with Crippen molar-refractivity contribution in [3.8, 4) is 0 Å². The summed E-state index contributed by atoms with van der Waals surface area (Å²) >= 11 is 0. The summed E-state index contributed by atoms with van der Waals surface area (Å²) in [5.41, 5.74) is 0. The molecule has 0 radical (unpaired) electrons. The molecule has 1 aliphatic heterocycles. The van der Waals surface area contributed by atoms with E-state index in [1.165, 1.54) is 0 Å². The summed E-state index contributed by atoms with van der Waals surface area (Å²) in [4.78, 5) is 13.4. The Morgan fingerprint density at radius 3 is 2.92 bits per heavy atom. The number of carbonyl (C=O) groups excluding carboxylic acids is 1. The lowest BCUT2D eigenvalue weighted by atomic mass is 10.1. The van der Waals surface area contributed by atoms with Crippen molar-refractivity contribution < 1.29 is 4.79 Å². The van der Waals surface area contributed by atoms with Gasteiger partial charge in [-0.1, -0.05) is 0 Å². The van der Waals surface area contributed by atoms with Crippen LogP contribution >= 0.6 is 0 Å². The van der Waals surface area contributed by atoms with Crippen LogP contribution in [0.3, 0.4) is 0 Å². The second-order valence-electron chi connectivity index (χ2n) is 3.65. The zero-order chi connectivity index (χ0) is 9.84. The molecule has 0 spiro atoms. The van der Waals surface area contributed by atoms with Gasteiger partial charge in [-0.25, -0.2) is 4.79 Å². The van der Waals surface area contributed by atoms with Crippen molar-refractivity contribution in [2.45, 2.75) is 32.9 Å². The van der Waals surface area contributed by atoms with E-state index in [4.69, 9.17) is 0 Å². The molecule has 2 amide bonds. The van der Waals surface area contributed by atoms with Gasteiger partial charge in [-0.2, -0.15) is 0 Å². The van der Waals surface area contributed by atoms with E-state index in [9.17, 15) is 4.79 Å². The number of urea groups is 1. The minimum absolute atomic E-state index is 0.0587. The van der Waals surface area contributed by atoms with Gasteiger partial charge in [0.2, 0.25) is 0 Å². The first kappa shape index (κ1) is 10.3. The molecular formula is C9H19N3O. The zero-order valence-electron chi connectivity index (χ0n) is 8.63. The monoisotopic (exact) mass is 185 g/mol. The highest BCUT2D eigenvalue weighted by Gasteiger charge is 2.25. The van der Waals surface area contributed by atoms with Crippen LogP contribution in [0, 0.1) is 0 Å². The molecule has 2 unspecified atom stereocenters. The van der Waals surface area contributed by atoms with E-state index in [1.54, 1.807) is 0 Å². The van der Waals surface area contributed by atoms with Crippen LogP contribution in [0.5, 0.6) is 0 Å². The number of hydrogen-bond acceptors (Lipinski definition) is 2. The van der Waals surface area contributed by atoms with Gasteiger partial charge in [0.25, 0.3) is 0 Å². The molecule has 4 nitrogen and oxygen atoms in total. The predicted molar refractivity (Wildman–Crippen MR) is 52.7 cm³/mol. The van der Waals surface area contributed by atoms with Crippen LogP contribution in [0.2, 0.25) is 0 Å². The first-order chi connectivity index (χ1) is 6.15. The zero-order valence-corrected chi connectivity index (χ0v) is 8.63. The van der Waals surface area contributed by atoms with Crippen LogP contribution in [-0.4, -0.2) is 42.6 Å². The van der Waals surface area contributed by atoms with E-state index in [2.05, 4.69) is 24.5 Å². The first-order valence-corrected chi connectivity index (χ1v) is 4.93. The quantitative estimate of drug-likeness (QED) is 0.621. The summed E-state index contributed by atoms with van der Waals surface area (Å²) in [6.45, 7) is 8.48. The second-order valence-corrected chi connectivity index (χ2v) is 3.65. The molecule has 4 heteroatoms. The average molecular weight is 185 g/mol. The van der Waals surface area contributed by atoms with Gasteiger partial charge in [-0.3, -0.25) is 0 Å². The molecule has 1 fully saturated rings. The van der Waals surface area contributed by atoms with Gasteiger partial charge in [0, 0.05) is 31.7 Å². The molecule has 13 heavy (non-hydrogen) atoms. The number of piperazine rings is 1. The molecule has 0 aromatic rings. The number of nitrogens with one attached hydrogen (secondary N) is 2. The highest BCUT2D eigenvalue weighted by atomic mass is 16.2. The minimum Gasteiger partial charge on any atom is -0.338 e. The Morgan fingerprint density at radius 2 is 2.31 bits per heavy atom. The lowest BCUT2D eigenvalue weighted by molar-refractivity contribution is 0.150. The summed E-state index contributed by atoms with van der Waals surface area (Å²) in [6.07, 6.45) is 0. The summed E-state index contributed by atoms with van der Waals surface area (Å²) in [5.74, 6) is 0. The molecule has 2 atom stereocenters. The Balaban J connectivity index is 2.50. The molecule has 0 aromatic heterocycles. The normalized spacial score (nSPS) is 28.7. The standard InChI is InChI=1S/C9H19N3O/c1-4-10-9(13)12-6-7(2)11-5-8(12)3/h7-8,11H,4-6H2,1-3H3,(H,10,13). The van der Waals surface area contributed by atoms with Crippen molar-refractivity contribution >= 4 is 6.03 Å². The fraction of sp³-hybridized carbons (Fsp3) is 0.889.